The molecule has 1 saturated heterocycles. The first-order valence-electron chi connectivity index (χ1n) is 7.55. The second-order valence-electron chi connectivity index (χ2n) is 5.46. The minimum absolute atomic E-state index is 0.0298. The molecule has 0 radical (unpaired) electrons. The molecule has 1 aliphatic rings. The van der Waals surface area contributed by atoms with E-state index in [-0.39, 0.29) is 11.9 Å². The number of hydrogen-bond donors (Lipinski definition) is 0. The van der Waals surface area contributed by atoms with Crippen LogP contribution in [0.5, 0.6) is 0 Å². The van der Waals surface area contributed by atoms with Crippen LogP contribution in [0.15, 0.2) is 55.1 Å². The summed E-state index contributed by atoms with van der Waals surface area (Å²) in [5, 5.41) is 4.26. The van der Waals surface area contributed by atoms with E-state index in [1.54, 1.807) is 29.3 Å². The number of nitrogens with zero attached hydrogens (tertiary/aromatic N) is 4. The van der Waals surface area contributed by atoms with E-state index < -0.39 is 0 Å². The van der Waals surface area contributed by atoms with Gasteiger partial charge in [0, 0.05) is 30.4 Å². The maximum absolute atomic E-state index is 13.1. The lowest BCUT2D eigenvalue weighted by atomic mass is 10.1. The Morgan fingerprint density at radius 3 is 2.96 bits per heavy atom. The molecular weight excluding hydrogens is 308 g/mol. The average molecular weight is 324 g/mol. The highest BCUT2D eigenvalue weighted by molar-refractivity contribution is 7.99. The lowest BCUT2D eigenvalue weighted by molar-refractivity contribution is 0.0703. The second-order valence-corrected chi connectivity index (χ2v) is 6.61. The Morgan fingerprint density at radius 2 is 2.09 bits per heavy atom. The molecule has 0 aliphatic carbocycles. The largest absolute Gasteiger partial charge is 0.330 e. The lowest BCUT2D eigenvalue weighted by Crippen LogP contribution is -2.40. The third-order valence-corrected chi connectivity index (χ3v) is 5.15. The van der Waals surface area contributed by atoms with Crippen LogP contribution in [0.3, 0.4) is 0 Å². The predicted molar refractivity (Wildman–Crippen MR) is 90.5 cm³/mol. The van der Waals surface area contributed by atoms with E-state index in [2.05, 4.69) is 22.2 Å². The fraction of sp³-hybridized carbons (Fsp3) is 0.235. The Morgan fingerprint density at radius 1 is 1.22 bits per heavy atom. The molecule has 1 amide bonds. The number of fused-ring (bicyclic) bond motifs is 1. The number of amides is 1. The van der Waals surface area contributed by atoms with Crippen molar-refractivity contribution >= 4 is 23.2 Å². The van der Waals surface area contributed by atoms with Crippen LogP contribution >= 0.6 is 11.8 Å². The molecule has 0 N–H and O–H groups in total. The first-order chi connectivity index (χ1) is 11.3. The minimum Gasteiger partial charge on any atom is -0.330 e. The van der Waals surface area contributed by atoms with E-state index in [9.17, 15) is 4.79 Å². The minimum atomic E-state index is 0.0298. The number of rotatable bonds is 2. The Hall–Kier alpha value is -2.34. The van der Waals surface area contributed by atoms with Crippen LogP contribution < -0.4 is 0 Å². The van der Waals surface area contributed by atoms with Crippen molar-refractivity contribution in [2.24, 2.45) is 0 Å². The SMILES string of the molecule is O=C(c1cnn2ccncc12)N1CCSC[C@H]1c1ccccc1. The monoisotopic (exact) mass is 324 g/mol. The Labute approximate surface area is 138 Å². The molecule has 5 nitrogen and oxygen atoms in total. The quantitative estimate of drug-likeness (QED) is 0.727. The fourth-order valence-corrected chi connectivity index (χ4v) is 4.04. The van der Waals surface area contributed by atoms with Gasteiger partial charge < -0.3 is 4.90 Å². The van der Waals surface area contributed by atoms with Gasteiger partial charge in [-0.05, 0) is 5.56 Å². The van der Waals surface area contributed by atoms with Crippen molar-refractivity contribution in [2.75, 3.05) is 18.1 Å². The molecule has 6 heteroatoms. The zero-order chi connectivity index (χ0) is 15.6. The standard InChI is InChI=1S/C17H16N4OS/c22-17(14-10-19-21-7-6-18-11-15(14)21)20-8-9-23-12-16(20)13-4-2-1-3-5-13/h1-7,10-11,16H,8-9,12H2/t16-/m0/s1. The topological polar surface area (TPSA) is 50.5 Å². The molecule has 4 rings (SSSR count). The molecule has 1 aromatic carbocycles. The van der Waals surface area contributed by atoms with Crippen LogP contribution in [0.25, 0.3) is 5.52 Å². The van der Waals surface area contributed by atoms with Crippen molar-refractivity contribution in [1.29, 1.82) is 0 Å². The molecule has 116 valence electrons. The third kappa shape index (κ3) is 2.59. The van der Waals surface area contributed by atoms with E-state index >= 15 is 0 Å². The highest BCUT2D eigenvalue weighted by atomic mass is 32.2. The van der Waals surface area contributed by atoms with Crippen LogP contribution in [-0.2, 0) is 0 Å². The van der Waals surface area contributed by atoms with E-state index in [0.29, 0.717) is 5.56 Å². The van der Waals surface area contributed by atoms with Gasteiger partial charge in [0.25, 0.3) is 5.91 Å². The van der Waals surface area contributed by atoms with Gasteiger partial charge in [0.15, 0.2) is 0 Å². The zero-order valence-corrected chi connectivity index (χ0v) is 13.3. The van der Waals surface area contributed by atoms with Gasteiger partial charge >= 0.3 is 0 Å². The van der Waals surface area contributed by atoms with E-state index in [4.69, 9.17) is 0 Å². The molecule has 23 heavy (non-hydrogen) atoms. The highest BCUT2D eigenvalue weighted by Crippen LogP contribution is 2.31. The van der Waals surface area contributed by atoms with Crippen molar-refractivity contribution in [2.45, 2.75) is 6.04 Å². The summed E-state index contributed by atoms with van der Waals surface area (Å²) in [6.07, 6.45) is 6.75. The summed E-state index contributed by atoms with van der Waals surface area (Å²) in [7, 11) is 0. The lowest BCUT2D eigenvalue weighted by Gasteiger charge is -2.35. The van der Waals surface area contributed by atoms with E-state index in [1.807, 2.05) is 34.9 Å². The van der Waals surface area contributed by atoms with Crippen LogP contribution in [0, 0.1) is 0 Å². The summed E-state index contributed by atoms with van der Waals surface area (Å²) >= 11 is 1.89. The molecule has 2 aromatic heterocycles. The Bertz CT molecular complexity index is 833. The van der Waals surface area contributed by atoms with E-state index in [1.165, 1.54) is 5.56 Å². The van der Waals surface area contributed by atoms with Crippen molar-refractivity contribution in [3.8, 4) is 0 Å². The van der Waals surface area contributed by atoms with Crippen LogP contribution in [0.1, 0.15) is 22.0 Å². The molecule has 3 heterocycles. The molecule has 1 aliphatic heterocycles. The average Bonchev–Trinajstić information content (AvgIpc) is 3.06. The van der Waals surface area contributed by atoms with Crippen molar-refractivity contribution < 1.29 is 4.79 Å². The summed E-state index contributed by atoms with van der Waals surface area (Å²) in [6.45, 7) is 0.751. The molecule has 1 fully saturated rings. The van der Waals surface area contributed by atoms with Gasteiger partial charge in [-0.2, -0.15) is 16.9 Å². The summed E-state index contributed by atoms with van der Waals surface area (Å²) in [6, 6.07) is 10.3. The van der Waals surface area contributed by atoms with Gasteiger partial charge in [-0.1, -0.05) is 30.3 Å². The van der Waals surface area contributed by atoms with Gasteiger partial charge in [-0.15, -0.1) is 0 Å². The molecule has 1 atom stereocenters. The first kappa shape index (κ1) is 14.3. The maximum Gasteiger partial charge on any atom is 0.258 e. The normalized spacial score (nSPS) is 18.3. The van der Waals surface area contributed by atoms with Gasteiger partial charge in [0.1, 0.15) is 0 Å². The van der Waals surface area contributed by atoms with E-state index in [0.717, 1.165) is 23.6 Å². The van der Waals surface area contributed by atoms with Crippen LogP contribution in [0.4, 0.5) is 0 Å². The molecule has 0 saturated carbocycles. The third-order valence-electron chi connectivity index (χ3n) is 4.13. The number of benzene rings is 1. The molecule has 0 spiro atoms. The first-order valence-corrected chi connectivity index (χ1v) is 8.71. The van der Waals surface area contributed by atoms with Crippen molar-refractivity contribution in [3.63, 3.8) is 0 Å². The number of thioether (sulfide) groups is 1. The maximum atomic E-state index is 13.1. The summed E-state index contributed by atoms with van der Waals surface area (Å²) < 4.78 is 1.69. The second kappa shape index (κ2) is 6.04. The molecule has 3 aromatic rings. The summed E-state index contributed by atoms with van der Waals surface area (Å²) in [5.74, 6) is 1.92. The smallest absolute Gasteiger partial charge is 0.258 e. The Kier molecular flexibility index (Phi) is 3.75. The van der Waals surface area contributed by atoms with Crippen molar-refractivity contribution in [3.05, 3.63) is 66.2 Å². The van der Waals surface area contributed by atoms with Crippen LogP contribution in [0.2, 0.25) is 0 Å². The zero-order valence-electron chi connectivity index (χ0n) is 12.5. The van der Waals surface area contributed by atoms with Crippen LogP contribution in [-0.4, -0.2) is 43.5 Å². The van der Waals surface area contributed by atoms with Gasteiger partial charge in [-0.3, -0.25) is 9.78 Å². The molecule has 0 unspecified atom stereocenters. The number of hydrogen-bond acceptors (Lipinski definition) is 4. The summed E-state index contributed by atoms with van der Waals surface area (Å²) in [4.78, 5) is 19.2. The van der Waals surface area contributed by atoms with Gasteiger partial charge in [0.2, 0.25) is 0 Å². The Balaban J connectivity index is 1.71. The van der Waals surface area contributed by atoms with Gasteiger partial charge in [0.05, 0.1) is 29.5 Å². The fourth-order valence-electron chi connectivity index (χ4n) is 2.95. The predicted octanol–water partition coefficient (Wildman–Crippen LogP) is 2.66. The number of carbonyl (C=O) groups is 1. The van der Waals surface area contributed by atoms with Crippen molar-refractivity contribution in [1.82, 2.24) is 19.5 Å². The summed E-state index contributed by atoms with van der Waals surface area (Å²) in [5.41, 5.74) is 2.55. The highest BCUT2D eigenvalue weighted by Gasteiger charge is 2.30. The number of aromatic nitrogens is 3. The molecular formula is C17H16N4OS. The molecule has 0 bridgehead atoms. The van der Waals surface area contributed by atoms with Gasteiger partial charge in [-0.25, -0.2) is 4.52 Å². The number of carbonyl (C=O) groups excluding carboxylic acids is 1.